The van der Waals surface area contributed by atoms with Gasteiger partial charge in [0, 0.05) is 6.42 Å². The van der Waals surface area contributed by atoms with Gasteiger partial charge in [0.25, 0.3) is 0 Å². The second kappa shape index (κ2) is 31.5. The number of rotatable bonds is 30. The molecule has 2 aliphatic rings. The normalized spacial score (nSPS) is 29.4. The standard InChI is InChI=1S/C44H75NO13/c1-3-5-7-9-11-13-14-15-16-17-18-20-22-24-26-28-36(49)45-32(33(48)27-25-23-21-19-12-10-8-6-4-2)31-55-43-41(54)39(52)42(35(30-47)57-43)58-44-40(53)38(51)37(50)34(29-46)56-44/h5,7,11-13,15-16,19,25,27,32-35,37-44,46-48,50-54H,3-4,6,8-10,14,17-18,20-24,26,28-31H2,1-2H3,(H,45,49)/b7-5-,13-11-,16-15-,19-12+,27-25+. The Morgan fingerprint density at radius 3 is 1.90 bits per heavy atom. The number of amides is 1. The van der Waals surface area contributed by atoms with E-state index in [9.17, 15) is 45.6 Å². The summed E-state index contributed by atoms with van der Waals surface area (Å²) in [6.07, 6.45) is 18.6. The number of hydrogen-bond acceptors (Lipinski definition) is 13. The van der Waals surface area contributed by atoms with Crippen LogP contribution in [0.3, 0.4) is 0 Å². The molecule has 0 aromatic rings. The molecular weight excluding hydrogens is 750 g/mol. The molecule has 0 aromatic carbocycles. The van der Waals surface area contributed by atoms with Crippen LogP contribution < -0.4 is 5.32 Å². The number of unbranched alkanes of at least 4 members (excludes halogenated alkanes) is 9. The van der Waals surface area contributed by atoms with Crippen LogP contribution in [0.25, 0.3) is 0 Å². The van der Waals surface area contributed by atoms with E-state index in [0.717, 1.165) is 70.6 Å². The van der Waals surface area contributed by atoms with E-state index < -0.39 is 86.8 Å². The van der Waals surface area contributed by atoms with Crippen molar-refractivity contribution in [1.29, 1.82) is 0 Å². The summed E-state index contributed by atoms with van der Waals surface area (Å²) in [6, 6.07) is -0.939. The molecule has 12 unspecified atom stereocenters. The monoisotopic (exact) mass is 826 g/mol. The molecule has 1 amide bonds. The van der Waals surface area contributed by atoms with Crippen molar-refractivity contribution in [2.75, 3.05) is 19.8 Å². The summed E-state index contributed by atoms with van der Waals surface area (Å²) in [5.74, 6) is -0.274. The molecule has 14 heteroatoms. The molecule has 2 rings (SSSR count). The molecule has 9 N–H and O–H groups in total. The average Bonchev–Trinajstić information content (AvgIpc) is 3.22. The number of carbonyl (C=O) groups excluding carboxylic acids is 1. The van der Waals surface area contributed by atoms with Crippen LogP contribution in [0.4, 0.5) is 0 Å². The van der Waals surface area contributed by atoms with E-state index in [1.807, 2.05) is 6.08 Å². The van der Waals surface area contributed by atoms with Crippen LogP contribution in [-0.2, 0) is 23.7 Å². The molecule has 0 radical (unpaired) electrons. The van der Waals surface area contributed by atoms with Crippen molar-refractivity contribution < 1.29 is 64.6 Å². The number of hydrogen-bond donors (Lipinski definition) is 9. The minimum absolute atomic E-state index is 0.250. The zero-order valence-electron chi connectivity index (χ0n) is 34.8. The summed E-state index contributed by atoms with van der Waals surface area (Å²) in [4.78, 5) is 13.0. The maximum Gasteiger partial charge on any atom is 0.220 e. The molecule has 0 aromatic heterocycles. The molecule has 0 spiro atoms. The molecule has 0 saturated carbocycles. The summed E-state index contributed by atoms with van der Waals surface area (Å²) in [7, 11) is 0. The predicted octanol–water partition coefficient (Wildman–Crippen LogP) is 3.54. The van der Waals surface area contributed by atoms with Gasteiger partial charge in [0.1, 0.15) is 48.8 Å². The lowest BCUT2D eigenvalue weighted by Crippen LogP contribution is -2.65. The summed E-state index contributed by atoms with van der Waals surface area (Å²) in [5, 5.41) is 86.2. The minimum Gasteiger partial charge on any atom is -0.394 e. The number of aliphatic hydroxyl groups is 8. The van der Waals surface area contributed by atoms with E-state index in [2.05, 4.69) is 67.8 Å². The maximum absolute atomic E-state index is 13.0. The molecule has 0 aliphatic carbocycles. The van der Waals surface area contributed by atoms with Crippen molar-refractivity contribution in [3.05, 3.63) is 60.8 Å². The second-order valence-electron chi connectivity index (χ2n) is 15.1. The van der Waals surface area contributed by atoms with E-state index in [-0.39, 0.29) is 18.9 Å². The molecule has 2 saturated heterocycles. The maximum atomic E-state index is 13.0. The largest absolute Gasteiger partial charge is 0.394 e. The SMILES string of the molecule is CC/C=C\C/C=C\C/C=C\CCCCCCCC(=O)NC(COC1OC(CO)C(OC2OC(CO)C(O)C(O)C2O)C(O)C1O)C(O)/C=C/CC/C=C/CCCCC. The third kappa shape index (κ3) is 19.8. The number of ether oxygens (including phenoxy) is 4. The van der Waals surface area contributed by atoms with Gasteiger partial charge in [-0.25, -0.2) is 0 Å². The van der Waals surface area contributed by atoms with Crippen LogP contribution >= 0.6 is 0 Å². The summed E-state index contributed by atoms with van der Waals surface area (Å²) in [6.45, 7) is 2.53. The predicted molar refractivity (Wildman–Crippen MR) is 221 cm³/mol. The Hall–Kier alpha value is -2.31. The fraction of sp³-hybridized carbons (Fsp3) is 0.750. The van der Waals surface area contributed by atoms with Gasteiger partial charge in [-0.2, -0.15) is 0 Å². The fourth-order valence-electron chi connectivity index (χ4n) is 6.61. The van der Waals surface area contributed by atoms with Gasteiger partial charge in [-0.05, 0) is 64.2 Å². The Kier molecular flexibility index (Phi) is 28.2. The quantitative estimate of drug-likeness (QED) is 0.0374. The van der Waals surface area contributed by atoms with Crippen molar-refractivity contribution in [3.8, 4) is 0 Å². The summed E-state index contributed by atoms with van der Waals surface area (Å²) >= 11 is 0. The Bertz CT molecular complexity index is 1210. The Balaban J connectivity index is 1.92. The first-order valence-corrected chi connectivity index (χ1v) is 21.5. The zero-order chi connectivity index (χ0) is 42.5. The minimum atomic E-state index is -1.79. The third-order valence-electron chi connectivity index (χ3n) is 10.2. The molecule has 58 heavy (non-hydrogen) atoms. The molecular formula is C44H75NO13. The second-order valence-corrected chi connectivity index (χ2v) is 15.1. The number of carbonyl (C=O) groups is 1. The van der Waals surface area contributed by atoms with Crippen LogP contribution in [0.1, 0.15) is 117 Å². The van der Waals surface area contributed by atoms with Crippen molar-refractivity contribution in [2.45, 2.75) is 190 Å². The lowest BCUT2D eigenvalue weighted by Gasteiger charge is -2.46. The molecule has 2 aliphatic heterocycles. The lowest BCUT2D eigenvalue weighted by atomic mass is 9.97. The molecule has 14 nitrogen and oxygen atoms in total. The van der Waals surface area contributed by atoms with Crippen LogP contribution in [0.2, 0.25) is 0 Å². The van der Waals surface area contributed by atoms with E-state index in [0.29, 0.717) is 12.8 Å². The van der Waals surface area contributed by atoms with Gasteiger partial charge >= 0.3 is 0 Å². The van der Waals surface area contributed by atoms with Gasteiger partial charge in [0.15, 0.2) is 12.6 Å². The highest BCUT2D eigenvalue weighted by Crippen LogP contribution is 2.29. The van der Waals surface area contributed by atoms with Crippen molar-refractivity contribution >= 4 is 5.91 Å². The van der Waals surface area contributed by atoms with E-state index >= 15 is 0 Å². The first kappa shape index (κ1) is 51.8. The topological polar surface area (TPSA) is 228 Å². The highest BCUT2D eigenvalue weighted by Gasteiger charge is 2.50. The number of nitrogens with one attached hydrogen (secondary N) is 1. The highest BCUT2D eigenvalue weighted by atomic mass is 16.7. The van der Waals surface area contributed by atoms with Gasteiger partial charge in [-0.3, -0.25) is 4.79 Å². The average molecular weight is 826 g/mol. The first-order chi connectivity index (χ1) is 28.1. The van der Waals surface area contributed by atoms with Gasteiger partial charge < -0.3 is 65.1 Å². The molecule has 334 valence electrons. The smallest absolute Gasteiger partial charge is 0.220 e. The first-order valence-electron chi connectivity index (χ1n) is 21.5. The van der Waals surface area contributed by atoms with Crippen LogP contribution in [0, 0.1) is 0 Å². The van der Waals surface area contributed by atoms with Crippen molar-refractivity contribution in [1.82, 2.24) is 5.32 Å². The van der Waals surface area contributed by atoms with Crippen LogP contribution in [-0.4, -0.2) is 140 Å². The Labute approximate surface area is 345 Å². The summed E-state index contributed by atoms with van der Waals surface area (Å²) in [5.41, 5.74) is 0. The van der Waals surface area contributed by atoms with Crippen molar-refractivity contribution in [3.63, 3.8) is 0 Å². The number of aliphatic hydroxyl groups excluding tert-OH is 8. The van der Waals surface area contributed by atoms with E-state index in [4.69, 9.17) is 18.9 Å². The number of allylic oxidation sites excluding steroid dienone is 9. The van der Waals surface area contributed by atoms with Gasteiger partial charge in [-0.15, -0.1) is 0 Å². The highest BCUT2D eigenvalue weighted by molar-refractivity contribution is 5.76. The lowest BCUT2D eigenvalue weighted by molar-refractivity contribution is -0.359. The van der Waals surface area contributed by atoms with Crippen LogP contribution in [0.5, 0.6) is 0 Å². The van der Waals surface area contributed by atoms with Crippen LogP contribution in [0.15, 0.2) is 60.8 Å². The van der Waals surface area contributed by atoms with Crippen molar-refractivity contribution in [2.24, 2.45) is 0 Å². The fourth-order valence-corrected chi connectivity index (χ4v) is 6.61. The molecule has 0 bridgehead atoms. The van der Waals surface area contributed by atoms with Gasteiger partial charge in [0.05, 0.1) is 32.0 Å². The molecule has 2 fully saturated rings. The third-order valence-corrected chi connectivity index (χ3v) is 10.2. The van der Waals surface area contributed by atoms with E-state index in [1.54, 1.807) is 6.08 Å². The Morgan fingerprint density at radius 1 is 0.638 bits per heavy atom. The molecule has 2 heterocycles. The zero-order valence-corrected chi connectivity index (χ0v) is 34.8. The van der Waals surface area contributed by atoms with Gasteiger partial charge in [0.2, 0.25) is 5.91 Å². The molecule has 12 atom stereocenters. The van der Waals surface area contributed by atoms with E-state index in [1.165, 1.54) is 12.8 Å². The summed E-state index contributed by atoms with van der Waals surface area (Å²) < 4.78 is 22.5. The van der Waals surface area contributed by atoms with Gasteiger partial charge in [-0.1, -0.05) is 107 Å². The Morgan fingerprint density at radius 2 is 1.21 bits per heavy atom.